The minimum Gasteiger partial charge on any atom is -0.383 e. The SMILES string of the molecule is COCCN(C)Cc1cn(-c2ccccc2)nc1-c1ccc(Cl)cc1. The summed E-state index contributed by atoms with van der Waals surface area (Å²) in [6, 6.07) is 18.0. The van der Waals surface area contributed by atoms with Gasteiger partial charge in [-0.05, 0) is 31.3 Å². The number of nitrogens with zero attached hydrogens (tertiary/aromatic N) is 3. The van der Waals surface area contributed by atoms with E-state index in [0.29, 0.717) is 6.61 Å². The fraction of sp³-hybridized carbons (Fsp3) is 0.250. The van der Waals surface area contributed by atoms with Gasteiger partial charge < -0.3 is 4.74 Å². The third kappa shape index (κ3) is 4.48. The third-order valence-corrected chi connectivity index (χ3v) is 4.30. The number of hydrogen-bond donors (Lipinski definition) is 0. The molecule has 1 aromatic heterocycles. The second-order valence-corrected chi connectivity index (χ2v) is 6.46. The predicted octanol–water partition coefficient (Wildman–Crippen LogP) is 4.27. The Labute approximate surface area is 153 Å². The zero-order valence-electron chi connectivity index (χ0n) is 14.5. The summed E-state index contributed by atoms with van der Waals surface area (Å²) in [6.45, 7) is 2.38. The zero-order chi connectivity index (χ0) is 17.6. The second-order valence-electron chi connectivity index (χ2n) is 6.02. The molecule has 3 aromatic rings. The Morgan fingerprint density at radius 3 is 2.48 bits per heavy atom. The molecule has 0 radical (unpaired) electrons. The van der Waals surface area contributed by atoms with E-state index >= 15 is 0 Å². The lowest BCUT2D eigenvalue weighted by Gasteiger charge is -2.15. The number of likely N-dealkylation sites (N-methyl/N-ethyl adjacent to an activating group) is 1. The summed E-state index contributed by atoms with van der Waals surface area (Å²) >= 11 is 6.03. The van der Waals surface area contributed by atoms with E-state index in [1.807, 2.05) is 47.1 Å². The van der Waals surface area contributed by atoms with Crippen molar-refractivity contribution in [2.45, 2.75) is 6.54 Å². The van der Waals surface area contributed by atoms with E-state index in [0.717, 1.165) is 35.1 Å². The Balaban J connectivity index is 1.96. The van der Waals surface area contributed by atoms with Crippen molar-refractivity contribution in [2.24, 2.45) is 0 Å². The maximum absolute atomic E-state index is 6.03. The van der Waals surface area contributed by atoms with Gasteiger partial charge in [0, 0.05) is 42.5 Å². The summed E-state index contributed by atoms with van der Waals surface area (Å²) < 4.78 is 7.11. The first-order valence-electron chi connectivity index (χ1n) is 8.25. The van der Waals surface area contributed by atoms with Crippen molar-refractivity contribution < 1.29 is 4.74 Å². The minimum absolute atomic E-state index is 0.708. The van der Waals surface area contributed by atoms with Crippen LogP contribution >= 0.6 is 11.6 Å². The highest BCUT2D eigenvalue weighted by molar-refractivity contribution is 6.30. The maximum Gasteiger partial charge on any atom is 0.0972 e. The summed E-state index contributed by atoms with van der Waals surface area (Å²) in [5.74, 6) is 0. The summed E-state index contributed by atoms with van der Waals surface area (Å²) in [6.07, 6.45) is 2.10. The standard InChI is InChI=1S/C20H22ClN3O/c1-23(12-13-25-2)14-17-15-24(19-6-4-3-5-7-19)22-20(17)16-8-10-18(21)11-9-16/h3-11,15H,12-14H2,1-2H3. The molecule has 0 atom stereocenters. The molecular weight excluding hydrogens is 334 g/mol. The molecule has 0 aliphatic rings. The van der Waals surface area contributed by atoms with Gasteiger partial charge in [0.05, 0.1) is 18.0 Å². The van der Waals surface area contributed by atoms with E-state index in [1.54, 1.807) is 7.11 Å². The average molecular weight is 356 g/mol. The van der Waals surface area contributed by atoms with E-state index < -0.39 is 0 Å². The molecule has 0 aliphatic carbocycles. The third-order valence-electron chi connectivity index (χ3n) is 4.05. The van der Waals surface area contributed by atoms with Gasteiger partial charge in [0.2, 0.25) is 0 Å². The number of hydrogen-bond acceptors (Lipinski definition) is 3. The van der Waals surface area contributed by atoms with Crippen LogP contribution in [0.25, 0.3) is 16.9 Å². The number of rotatable bonds is 7. The average Bonchev–Trinajstić information content (AvgIpc) is 3.05. The van der Waals surface area contributed by atoms with Crippen molar-refractivity contribution in [3.8, 4) is 16.9 Å². The number of benzene rings is 2. The van der Waals surface area contributed by atoms with Crippen molar-refractivity contribution in [3.63, 3.8) is 0 Å². The van der Waals surface area contributed by atoms with Crippen LogP contribution in [0.5, 0.6) is 0 Å². The topological polar surface area (TPSA) is 30.3 Å². The molecule has 0 unspecified atom stereocenters. The first kappa shape index (κ1) is 17.7. The van der Waals surface area contributed by atoms with E-state index in [2.05, 4.69) is 30.3 Å². The van der Waals surface area contributed by atoms with E-state index in [9.17, 15) is 0 Å². The van der Waals surface area contributed by atoms with Crippen molar-refractivity contribution in [1.82, 2.24) is 14.7 Å². The molecule has 0 fully saturated rings. The highest BCUT2D eigenvalue weighted by Crippen LogP contribution is 2.26. The number of ether oxygens (including phenoxy) is 1. The Bertz CT molecular complexity index is 800. The Hall–Kier alpha value is -2.14. The van der Waals surface area contributed by atoms with Crippen molar-refractivity contribution in [1.29, 1.82) is 0 Å². The van der Waals surface area contributed by atoms with Gasteiger partial charge in [-0.3, -0.25) is 4.90 Å². The van der Waals surface area contributed by atoms with Crippen LogP contribution in [0.15, 0.2) is 60.8 Å². The Morgan fingerprint density at radius 2 is 1.80 bits per heavy atom. The molecule has 0 saturated carbocycles. The molecule has 0 bridgehead atoms. The van der Waals surface area contributed by atoms with Gasteiger partial charge in [-0.15, -0.1) is 0 Å². The van der Waals surface area contributed by atoms with E-state index in [-0.39, 0.29) is 0 Å². The van der Waals surface area contributed by atoms with Crippen LogP contribution in [0.1, 0.15) is 5.56 Å². The van der Waals surface area contributed by atoms with Crippen molar-refractivity contribution in [2.75, 3.05) is 27.3 Å². The normalized spacial score (nSPS) is 11.2. The molecular formula is C20H22ClN3O. The van der Waals surface area contributed by atoms with Gasteiger partial charge in [-0.2, -0.15) is 5.10 Å². The molecule has 0 spiro atoms. The van der Waals surface area contributed by atoms with Crippen LogP contribution in [0, 0.1) is 0 Å². The number of halogens is 1. The monoisotopic (exact) mass is 355 g/mol. The van der Waals surface area contributed by atoms with E-state index in [1.165, 1.54) is 5.56 Å². The molecule has 4 nitrogen and oxygen atoms in total. The van der Waals surface area contributed by atoms with Gasteiger partial charge in [-0.1, -0.05) is 41.9 Å². The number of aromatic nitrogens is 2. The molecule has 0 amide bonds. The summed E-state index contributed by atoms with van der Waals surface area (Å²) in [5, 5.41) is 5.56. The van der Waals surface area contributed by atoms with Crippen LogP contribution in [-0.2, 0) is 11.3 Å². The second kappa shape index (κ2) is 8.30. The van der Waals surface area contributed by atoms with Crippen LogP contribution in [0.2, 0.25) is 5.02 Å². The molecule has 0 aliphatic heterocycles. The highest BCUT2D eigenvalue weighted by Gasteiger charge is 2.14. The fourth-order valence-corrected chi connectivity index (χ4v) is 2.83. The maximum atomic E-state index is 6.03. The fourth-order valence-electron chi connectivity index (χ4n) is 2.71. The quantitative estimate of drug-likeness (QED) is 0.634. The van der Waals surface area contributed by atoms with Gasteiger partial charge in [0.1, 0.15) is 0 Å². The Kier molecular flexibility index (Phi) is 5.87. The first-order valence-corrected chi connectivity index (χ1v) is 8.62. The lowest BCUT2D eigenvalue weighted by molar-refractivity contribution is 0.158. The Morgan fingerprint density at radius 1 is 1.08 bits per heavy atom. The van der Waals surface area contributed by atoms with Gasteiger partial charge in [0.25, 0.3) is 0 Å². The van der Waals surface area contributed by atoms with Gasteiger partial charge in [0.15, 0.2) is 0 Å². The van der Waals surface area contributed by atoms with Gasteiger partial charge in [-0.25, -0.2) is 4.68 Å². The number of para-hydroxylation sites is 1. The first-order chi connectivity index (χ1) is 12.2. The largest absolute Gasteiger partial charge is 0.383 e. The predicted molar refractivity (Wildman–Crippen MR) is 102 cm³/mol. The van der Waals surface area contributed by atoms with E-state index in [4.69, 9.17) is 21.4 Å². The van der Waals surface area contributed by atoms with Crippen molar-refractivity contribution in [3.05, 3.63) is 71.4 Å². The summed E-state index contributed by atoms with van der Waals surface area (Å²) in [7, 11) is 3.81. The molecule has 0 N–H and O–H groups in total. The lowest BCUT2D eigenvalue weighted by Crippen LogP contribution is -2.22. The molecule has 3 rings (SSSR count). The number of methoxy groups -OCH3 is 1. The highest BCUT2D eigenvalue weighted by atomic mass is 35.5. The summed E-state index contributed by atoms with van der Waals surface area (Å²) in [4.78, 5) is 2.23. The summed E-state index contributed by atoms with van der Waals surface area (Å²) in [5.41, 5.74) is 4.26. The van der Waals surface area contributed by atoms with Crippen LogP contribution < -0.4 is 0 Å². The van der Waals surface area contributed by atoms with Crippen LogP contribution in [-0.4, -0.2) is 42.0 Å². The molecule has 130 valence electrons. The molecule has 1 heterocycles. The zero-order valence-corrected chi connectivity index (χ0v) is 15.3. The minimum atomic E-state index is 0.708. The van der Waals surface area contributed by atoms with Crippen molar-refractivity contribution >= 4 is 11.6 Å². The lowest BCUT2D eigenvalue weighted by atomic mass is 10.1. The molecule has 2 aromatic carbocycles. The molecule has 5 heteroatoms. The van der Waals surface area contributed by atoms with Gasteiger partial charge >= 0.3 is 0 Å². The van der Waals surface area contributed by atoms with Crippen LogP contribution in [0.3, 0.4) is 0 Å². The van der Waals surface area contributed by atoms with Crippen LogP contribution in [0.4, 0.5) is 0 Å². The smallest absolute Gasteiger partial charge is 0.0972 e. The molecule has 0 saturated heterocycles. The molecule has 25 heavy (non-hydrogen) atoms.